The lowest BCUT2D eigenvalue weighted by Crippen LogP contribution is -2.13. The van der Waals surface area contributed by atoms with Gasteiger partial charge in [-0.05, 0) is 47.0 Å². The van der Waals surface area contributed by atoms with E-state index in [0.717, 1.165) is 39.2 Å². The lowest BCUT2D eigenvalue weighted by Gasteiger charge is -2.09. The Kier molecular flexibility index (Phi) is 3.81. The predicted octanol–water partition coefficient (Wildman–Crippen LogP) is 5.32. The summed E-state index contributed by atoms with van der Waals surface area (Å²) in [6.07, 6.45) is 1.00. The van der Waals surface area contributed by atoms with Crippen LogP contribution in [0, 0.1) is 0 Å². The van der Waals surface area contributed by atoms with Gasteiger partial charge >= 0.3 is 0 Å². The minimum absolute atomic E-state index is 0.763. The summed E-state index contributed by atoms with van der Waals surface area (Å²) in [4.78, 5) is 11.8. The van der Waals surface area contributed by atoms with Crippen LogP contribution in [0.5, 0.6) is 0 Å². The topological polar surface area (TPSA) is 36.8 Å². The number of anilines is 1. The number of nitrogens with zero attached hydrogens (tertiary/aromatic N) is 2. The first kappa shape index (κ1) is 14.4. The summed E-state index contributed by atoms with van der Waals surface area (Å²) < 4.78 is 0. The van der Waals surface area contributed by atoms with Crippen LogP contribution in [0.15, 0.2) is 63.2 Å². The van der Waals surface area contributed by atoms with Crippen LogP contribution in [0.2, 0.25) is 0 Å². The van der Waals surface area contributed by atoms with E-state index in [1.54, 1.807) is 22.7 Å². The SMILES string of the molecule is CCc1ccc2c(c1)NC(c1cccs1)=NC(c1cccs1)=N2. The highest BCUT2D eigenvalue weighted by molar-refractivity contribution is 7.12. The van der Waals surface area contributed by atoms with Crippen molar-refractivity contribution in [1.29, 1.82) is 0 Å². The predicted molar refractivity (Wildman–Crippen MR) is 101 cm³/mol. The van der Waals surface area contributed by atoms with Crippen molar-refractivity contribution < 1.29 is 0 Å². The first-order chi connectivity index (χ1) is 11.3. The van der Waals surface area contributed by atoms with Crippen LogP contribution in [0.3, 0.4) is 0 Å². The van der Waals surface area contributed by atoms with E-state index in [2.05, 4.69) is 53.3 Å². The van der Waals surface area contributed by atoms with Crippen molar-refractivity contribution in [1.82, 2.24) is 0 Å². The molecule has 3 heterocycles. The molecule has 0 saturated carbocycles. The minimum Gasteiger partial charge on any atom is -0.337 e. The Balaban J connectivity index is 1.88. The zero-order chi connectivity index (χ0) is 15.6. The van der Waals surface area contributed by atoms with E-state index in [4.69, 9.17) is 9.98 Å². The van der Waals surface area contributed by atoms with Crippen molar-refractivity contribution in [2.75, 3.05) is 5.32 Å². The fourth-order valence-electron chi connectivity index (χ4n) is 2.45. The number of aliphatic imine (C=N–C) groups is 2. The van der Waals surface area contributed by atoms with Gasteiger partial charge in [-0.25, -0.2) is 9.98 Å². The molecule has 3 nitrogen and oxygen atoms in total. The number of benzene rings is 1. The summed E-state index contributed by atoms with van der Waals surface area (Å²) >= 11 is 3.34. The molecule has 114 valence electrons. The Labute approximate surface area is 143 Å². The van der Waals surface area contributed by atoms with E-state index in [0.29, 0.717) is 0 Å². The highest BCUT2D eigenvalue weighted by atomic mass is 32.1. The standard InChI is InChI=1S/C18H15N3S2/c1-2-12-7-8-13-14(11-12)20-18(16-6-4-10-23-16)21-17(19-13)15-5-3-9-22-15/h3-11H,2H2,1H3,(H,19,20,21). The maximum atomic E-state index is 4.81. The Hall–Kier alpha value is -2.24. The molecular formula is C18H15N3S2. The third kappa shape index (κ3) is 2.85. The van der Waals surface area contributed by atoms with Crippen LogP contribution >= 0.6 is 22.7 Å². The molecule has 1 N–H and O–H groups in total. The van der Waals surface area contributed by atoms with Gasteiger partial charge in [0.25, 0.3) is 0 Å². The molecule has 3 aromatic rings. The first-order valence-corrected chi connectivity index (χ1v) is 9.24. The van der Waals surface area contributed by atoms with Crippen LogP contribution in [-0.4, -0.2) is 11.7 Å². The van der Waals surface area contributed by atoms with E-state index >= 15 is 0 Å². The average Bonchev–Trinajstić information content (AvgIpc) is 3.25. The van der Waals surface area contributed by atoms with Crippen molar-refractivity contribution in [2.24, 2.45) is 9.98 Å². The number of amidine groups is 2. The van der Waals surface area contributed by atoms with Crippen LogP contribution in [0.4, 0.5) is 11.4 Å². The summed E-state index contributed by atoms with van der Waals surface area (Å²) in [6, 6.07) is 14.6. The second kappa shape index (κ2) is 6.10. The molecule has 0 saturated heterocycles. The number of thiophene rings is 2. The maximum absolute atomic E-state index is 4.81. The van der Waals surface area contributed by atoms with E-state index in [1.807, 2.05) is 12.1 Å². The second-order valence-electron chi connectivity index (χ2n) is 5.18. The van der Waals surface area contributed by atoms with Crippen molar-refractivity contribution in [2.45, 2.75) is 13.3 Å². The summed E-state index contributed by atoms with van der Waals surface area (Å²) in [5, 5.41) is 7.60. The van der Waals surface area contributed by atoms with Crippen LogP contribution < -0.4 is 5.32 Å². The maximum Gasteiger partial charge on any atom is 0.172 e. The number of hydrogen-bond acceptors (Lipinski definition) is 5. The van der Waals surface area contributed by atoms with E-state index in [-0.39, 0.29) is 0 Å². The van der Waals surface area contributed by atoms with E-state index < -0.39 is 0 Å². The molecule has 23 heavy (non-hydrogen) atoms. The molecule has 4 rings (SSSR count). The van der Waals surface area contributed by atoms with Crippen molar-refractivity contribution in [3.63, 3.8) is 0 Å². The minimum atomic E-state index is 0.763. The molecule has 0 unspecified atom stereocenters. The molecule has 2 aromatic heterocycles. The smallest absolute Gasteiger partial charge is 0.172 e. The highest BCUT2D eigenvalue weighted by Crippen LogP contribution is 2.31. The highest BCUT2D eigenvalue weighted by Gasteiger charge is 2.16. The molecule has 0 aliphatic carbocycles. The normalized spacial score (nSPS) is 13.6. The quantitative estimate of drug-likeness (QED) is 0.689. The summed E-state index contributed by atoms with van der Waals surface area (Å²) in [5.74, 6) is 1.62. The molecule has 0 amide bonds. The lowest BCUT2D eigenvalue weighted by atomic mass is 10.1. The molecule has 1 aromatic carbocycles. The Bertz CT molecular complexity index is 875. The monoisotopic (exact) mass is 337 g/mol. The summed E-state index contributed by atoms with van der Waals surface area (Å²) in [5.41, 5.74) is 3.24. The molecular weight excluding hydrogens is 322 g/mol. The van der Waals surface area contributed by atoms with Gasteiger partial charge in [0, 0.05) is 0 Å². The number of hydrogen-bond donors (Lipinski definition) is 1. The molecule has 0 atom stereocenters. The van der Waals surface area contributed by atoms with Gasteiger partial charge in [-0.15, -0.1) is 22.7 Å². The molecule has 1 aliphatic heterocycles. The third-order valence-electron chi connectivity index (χ3n) is 3.66. The Morgan fingerprint density at radius 2 is 1.74 bits per heavy atom. The molecule has 0 radical (unpaired) electrons. The first-order valence-electron chi connectivity index (χ1n) is 7.48. The van der Waals surface area contributed by atoms with Gasteiger partial charge in [-0.1, -0.05) is 25.1 Å². The van der Waals surface area contributed by atoms with Crippen molar-refractivity contribution in [3.8, 4) is 0 Å². The zero-order valence-electron chi connectivity index (χ0n) is 12.6. The van der Waals surface area contributed by atoms with Gasteiger partial charge in [0.05, 0.1) is 21.1 Å². The van der Waals surface area contributed by atoms with Crippen LogP contribution in [-0.2, 0) is 6.42 Å². The summed E-state index contributed by atoms with van der Waals surface area (Å²) in [7, 11) is 0. The molecule has 0 bridgehead atoms. The fraction of sp³-hybridized carbons (Fsp3) is 0.111. The Morgan fingerprint density at radius 1 is 0.957 bits per heavy atom. The molecule has 1 aliphatic rings. The van der Waals surface area contributed by atoms with Gasteiger partial charge in [0.15, 0.2) is 5.84 Å². The van der Waals surface area contributed by atoms with E-state index in [1.165, 1.54) is 5.56 Å². The van der Waals surface area contributed by atoms with Gasteiger partial charge in [-0.3, -0.25) is 0 Å². The second-order valence-corrected chi connectivity index (χ2v) is 7.08. The summed E-state index contributed by atoms with van der Waals surface area (Å²) in [6.45, 7) is 2.16. The average molecular weight is 337 g/mol. The van der Waals surface area contributed by atoms with Crippen LogP contribution in [0.25, 0.3) is 0 Å². The largest absolute Gasteiger partial charge is 0.337 e. The zero-order valence-corrected chi connectivity index (χ0v) is 14.2. The Morgan fingerprint density at radius 3 is 2.43 bits per heavy atom. The van der Waals surface area contributed by atoms with Crippen molar-refractivity contribution >= 4 is 45.7 Å². The number of rotatable bonds is 3. The molecule has 0 spiro atoms. The number of nitrogens with one attached hydrogen (secondary N) is 1. The van der Waals surface area contributed by atoms with Crippen LogP contribution in [0.1, 0.15) is 22.2 Å². The molecule has 0 fully saturated rings. The number of aryl methyl sites for hydroxylation is 1. The van der Waals surface area contributed by atoms with E-state index in [9.17, 15) is 0 Å². The van der Waals surface area contributed by atoms with Crippen molar-refractivity contribution in [3.05, 3.63) is 68.5 Å². The van der Waals surface area contributed by atoms with Gasteiger partial charge < -0.3 is 5.32 Å². The van der Waals surface area contributed by atoms with Gasteiger partial charge in [0.2, 0.25) is 0 Å². The lowest BCUT2D eigenvalue weighted by molar-refractivity contribution is 1.14. The molecule has 5 heteroatoms. The van der Waals surface area contributed by atoms with Gasteiger partial charge in [-0.2, -0.15) is 0 Å². The number of fused-ring (bicyclic) bond motifs is 1. The third-order valence-corrected chi connectivity index (χ3v) is 5.40. The van der Waals surface area contributed by atoms with Gasteiger partial charge in [0.1, 0.15) is 5.84 Å². The fourth-order valence-corrected chi connectivity index (χ4v) is 3.77.